The van der Waals surface area contributed by atoms with E-state index in [4.69, 9.17) is 0 Å². The highest BCUT2D eigenvalue weighted by atomic mass is 16.4. The fourth-order valence-corrected chi connectivity index (χ4v) is 11.9. The van der Waals surface area contributed by atoms with Gasteiger partial charge in [-0.3, -0.25) is 9.59 Å². The number of carbonyl (C=O) groups excluding carboxylic acids is 2. The van der Waals surface area contributed by atoms with Crippen LogP contribution in [0.5, 0.6) is 0 Å². The first-order valence-electron chi connectivity index (χ1n) is 17.8. The van der Waals surface area contributed by atoms with Crippen LogP contribution in [0.2, 0.25) is 0 Å². The monoisotopic (exact) mass is 672 g/mol. The predicted molar refractivity (Wildman–Crippen MR) is 186 cm³/mol. The predicted octanol–water partition coefficient (Wildman–Crippen LogP) is 5.46. The van der Waals surface area contributed by atoms with Crippen molar-refractivity contribution < 1.29 is 39.9 Å². The lowest BCUT2D eigenvalue weighted by atomic mass is 9.35. The zero-order chi connectivity index (χ0) is 35.9. The van der Waals surface area contributed by atoms with Crippen molar-refractivity contribution >= 4 is 23.6 Å². The molecule has 0 aromatic heterocycles. The minimum atomic E-state index is -1.74. The molecule has 5 N–H and O–H groups in total. The number of carboxylic acid groups (broad SMARTS) is 1. The molecule has 0 unspecified atom stereocenters. The van der Waals surface area contributed by atoms with Gasteiger partial charge in [-0.05, 0) is 79.1 Å². The fraction of sp³-hybridized carbons (Fsp3) is 0.585. The van der Waals surface area contributed by atoms with Gasteiger partial charge < -0.3 is 25.5 Å². The maximum Gasteiger partial charge on any atom is 0.331 e. The third-order valence-corrected chi connectivity index (χ3v) is 13.9. The largest absolute Gasteiger partial charge is 0.478 e. The zero-order valence-electron chi connectivity index (χ0n) is 29.6. The van der Waals surface area contributed by atoms with Crippen LogP contribution in [0.3, 0.4) is 0 Å². The topological polar surface area (TPSA) is 152 Å². The highest BCUT2D eigenvalue weighted by Crippen LogP contribution is 2.79. The summed E-state index contributed by atoms with van der Waals surface area (Å²) in [4.78, 5) is 40.1. The van der Waals surface area contributed by atoms with Crippen molar-refractivity contribution in [1.82, 2.24) is 0 Å². The Morgan fingerprint density at radius 2 is 1.73 bits per heavy atom. The molecular formula is C41H52O8. The first-order chi connectivity index (χ1) is 22.8. The number of carboxylic acids is 1. The standard InChI is InChI=1S/C41H52O8/c1-24(20-27(43)21-25(2)35(46)47)29-22-39(48)16-17-40(49)28(13-12-26-10-8-7-9-11-26)33-36(3,4)31(45)14-15-37(33,5)32-30(44)23-38(29,6)41(39,18-19-42)34(32)40/h7-13,16-17,21,24,27-29,33,42-43,48-49H,14-15,18-20,22-23H2,1-6H3,(H,46,47)/t24-,27+,28-,29+,33+,37-,38-,39-,40+,41+/m1/s1. The normalized spacial score (nSPS) is 40.7. The molecule has 0 heterocycles. The van der Waals surface area contributed by atoms with E-state index in [9.17, 15) is 39.9 Å². The van der Waals surface area contributed by atoms with Crippen molar-refractivity contribution in [2.75, 3.05) is 6.61 Å². The number of ketones is 2. The number of aliphatic hydroxyl groups is 4. The Morgan fingerprint density at radius 3 is 2.37 bits per heavy atom. The number of carbonyl (C=O) groups is 3. The van der Waals surface area contributed by atoms with Gasteiger partial charge in [0.2, 0.25) is 0 Å². The summed E-state index contributed by atoms with van der Waals surface area (Å²) >= 11 is 0. The van der Waals surface area contributed by atoms with Crippen molar-refractivity contribution in [3.8, 4) is 0 Å². The summed E-state index contributed by atoms with van der Waals surface area (Å²) in [6.07, 6.45) is 8.95. The van der Waals surface area contributed by atoms with Crippen molar-refractivity contribution in [3.05, 3.63) is 76.9 Å². The number of allylic oxidation sites excluding steroid dienone is 1. The average molecular weight is 673 g/mol. The second-order valence-electron chi connectivity index (χ2n) is 16.8. The molecule has 8 nitrogen and oxygen atoms in total. The molecule has 0 amide bonds. The van der Waals surface area contributed by atoms with E-state index in [1.165, 1.54) is 13.0 Å². The van der Waals surface area contributed by atoms with Crippen LogP contribution < -0.4 is 0 Å². The molecule has 0 saturated heterocycles. The van der Waals surface area contributed by atoms with E-state index < -0.39 is 56.8 Å². The summed E-state index contributed by atoms with van der Waals surface area (Å²) in [7, 11) is 0. The molecule has 5 aliphatic rings. The Labute approximate surface area is 289 Å². The third-order valence-electron chi connectivity index (χ3n) is 13.9. The molecule has 10 atom stereocenters. The van der Waals surface area contributed by atoms with Gasteiger partial charge in [-0.2, -0.15) is 0 Å². The van der Waals surface area contributed by atoms with Crippen LogP contribution in [0.15, 0.2) is 71.4 Å². The van der Waals surface area contributed by atoms with Crippen LogP contribution in [0.1, 0.15) is 85.6 Å². The summed E-state index contributed by atoms with van der Waals surface area (Å²) in [6, 6.07) is 9.75. The molecular weight excluding hydrogens is 620 g/mol. The summed E-state index contributed by atoms with van der Waals surface area (Å²) in [5, 5.41) is 57.4. The Morgan fingerprint density at radius 1 is 1.06 bits per heavy atom. The molecule has 6 rings (SSSR count). The lowest BCUT2D eigenvalue weighted by Crippen LogP contribution is -2.70. The number of benzene rings is 1. The molecule has 0 bridgehead atoms. The first kappa shape index (κ1) is 35.6. The number of aliphatic hydroxyl groups excluding tert-OH is 2. The highest BCUT2D eigenvalue weighted by molar-refractivity contribution is 6.02. The van der Waals surface area contributed by atoms with E-state index in [0.29, 0.717) is 24.0 Å². The fourth-order valence-electron chi connectivity index (χ4n) is 11.9. The van der Waals surface area contributed by atoms with E-state index in [2.05, 4.69) is 6.92 Å². The van der Waals surface area contributed by atoms with Crippen molar-refractivity contribution in [3.63, 3.8) is 0 Å². The molecule has 1 aromatic rings. The Hall–Kier alpha value is -3.17. The van der Waals surface area contributed by atoms with Crippen LogP contribution in [0.25, 0.3) is 6.08 Å². The minimum absolute atomic E-state index is 0.0329. The van der Waals surface area contributed by atoms with Gasteiger partial charge in [0.15, 0.2) is 5.78 Å². The molecule has 0 spiro atoms. The molecule has 49 heavy (non-hydrogen) atoms. The second-order valence-corrected chi connectivity index (χ2v) is 16.8. The SMILES string of the molecule is CC(=C[C@@H](O)C[C@@H](C)[C@@H]1C[C@]2(O)C=C[C@@]3(O)C4=C(C(=O)C[C@@]1(C)[C@]42CCO)[C@@]1(C)CCC(=O)C(C)(C)[C@@H]1[C@H]3C=Cc1ccccc1)C(=O)O. The Kier molecular flexibility index (Phi) is 8.51. The van der Waals surface area contributed by atoms with Gasteiger partial charge in [-0.1, -0.05) is 83.2 Å². The van der Waals surface area contributed by atoms with Gasteiger partial charge >= 0.3 is 5.97 Å². The van der Waals surface area contributed by atoms with Crippen LogP contribution in [-0.2, 0) is 14.4 Å². The summed E-state index contributed by atoms with van der Waals surface area (Å²) in [5.74, 6) is -2.78. The van der Waals surface area contributed by atoms with Crippen LogP contribution in [0.4, 0.5) is 0 Å². The van der Waals surface area contributed by atoms with Gasteiger partial charge in [-0.15, -0.1) is 0 Å². The number of rotatable bonds is 9. The summed E-state index contributed by atoms with van der Waals surface area (Å²) < 4.78 is 0. The van der Waals surface area contributed by atoms with Gasteiger partial charge in [-0.25, -0.2) is 4.79 Å². The smallest absolute Gasteiger partial charge is 0.331 e. The zero-order valence-corrected chi connectivity index (χ0v) is 29.6. The lowest BCUT2D eigenvalue weighted by molar-refractivity contribution is -0.166. The summed E-state index contributed by atoms with van der Waals surface area (Å²) in [5.41, 5.74) is -5.13. The molecule has 0 aliphatic heterocycles. The maximum atomic E-state index is 14.9. The molecule has 2 fully saturated rings. The molecule has 5 aliphatic carbocycles. The van der Waals surface area contributed by atoms with Crippen molar-refractivity contribution in [2.24, 2.45) is 45.3 Å². The van der Waals surface area contributed by atoms with E-state index in [1.54, 1.807) is 12.2 Å². The van der Waals surface area contributed by atoms with Gasteiger partial charge in [0.05, 0.1) is 11.7 Å². The number of Topliss-reactive ketones (excluding diaryl/α,β-unsaturated/α-hetero) is 2. The quantitative estimate of drug-likeness (QED) is 0.172. The Balaban J connectivity index is 1.59. The van der Waals surface area contributed by atoms with E-state index >= 15 is 0 Å². The molecule has 2 saturated carbocycles. The summed E-state index contributed by atoms with van der Waals surface area (Å²) in [6.45, 7) is 11.0. The van der Waals surface area contributed by atoms with E-state index in [1.807, 2.05) is 70.2 Å². The van der Waals surface area contributed by atoms with E-state index in [0.717, 1.165) is 5.56 Å². The lowest BCUT2D eigenvalue weighted by Gasteiger charge is -2.68. The molecule has 0 radical (unpaired) electrons. The van der Waals surface area contributed by atoms with Crippen LogP contribution in [0, 0.1) is 45.3 Å². The van der Waals surface area contributed by atoms with Crippen LogP contribution in [-0.4, -0.2) is 67.0 Å². The second kappa shape index (κ2) is 11.7. The van der Waals surface area contributed by atoms with Crippen molar-refractivity contribution in [2.45, 2.75) is 97.4 Å². The highest BCUT2D eigenvalue weighted by Gasteiger charge is 2.79. The number of hydrogen-bond acceptors (Lipinski definition) is 7. The van der Waals surface area contributed by atoms with Gasteiger partial charge in [0.1, 0.15) is 11.4 Å². The number of fused-ring (bicyclic) bond motifs is 2. The van der Waals surface area contributed by atoms with Gasteiger partial charge in [0, 0.05) is 52.8 Å². The van der Waals surface area contributed by atoms with E-state index in [-0.39, 0.29) is 61.3 Å². The number of hydrogen-bond donors (Lipinski definition) is 5. The first-order valence-corrected chi connectivity index (χ1v) is 17.8. The average Bonchev–Trinajstić information content (AvgIpc) is 3.22. The van der Waals surface area contributed by atoms with Gasteiger partial charge in [0.25, 0.3) is 0 Å². The minimum Gasteiger partial charge on any atom is -0.478 e. The molecule has 8 heteroatoms. The third kappa shape index (κ3) is 4.80. The Bertz CT molecular complexity index is 1690. The number of aliphatic carboxylic acids is 1. The van der Waals surface area contributed by atoms with Crippen molar-refractivity contribution in [1.29, 1.82) is 0 Å². The van der Waals surface area contributed by atoms with Crippen LogP contribution >= 0.6 is 0 Å². The molecule has 264 valence electrons. The molecule has 1 aromatic carbocycles. The maximum absolute atomic E-state index is 14.9.